The number of hydrogen-bond donors (Lipinski definition) is 1. The highest BCUT2D eigenvalue weighted by molar-refractivity contribution is 5.12. The summed E-state index contributed by atoms with van der Waals surface area (Å²) in [5, 5.41) is 3.50. The second-order valence-corrected chi connectivity index (χ2v) is 4.95. The molecule has 0 aromatic carbocycles. The molecule has 1 N–H and O–H groups in total. The molecule has 0 aliphatic heterocycles. The van der Waals surface area contributed by atoms with Gasteiger partial charge in [0, 0.05) is 25.0 Å². The number of pyridine rings is 1. The van der Waals surface area contributed by atoms with Crippen LogP contribution >= 0.6 is 0 Å². The summed E-state index contributed by atoms with van der Waals surface area (Å²) in [6.07, 6.45) is 3.72. The Labute approximate surface area is 86.8 Å². The zero-order chi connectivity index (χ0) is 10.6. The van der Waals surface area contributed by atoms with E-state index in [0.29, 0.717) is 11.5 Å². The molecular formula is C12H20N2. The maximum Gasteiger partial charge on any atom is 0.0315 e. The lowest BCUT2D eigenvalue weighted by atomic mass is 9.96. The van der Waals surface area contributed by atoms with E-state index in [9.17, 15) is 0 Å². The molecule has 0 aliphatic carbocycles. The molecule has 2 heteroatoms. The third kappa shape index (κ3) is 3.88. The highest BCUT2D eigenvalue weighted by Crippen LogP contribution is 2.15. The van der Waals surface area contributed by atoms with Crippen LogP contribution in [0.5, 0.6) is 0 Å². The molecule has 78 valence electrons. The first-order valence-electron chi connectivity index (χ1n) is 5.12. The van der Waals surface area contributed by atoms with Gasteiger partial charge in [0.05, 0.1) is 0 Å². The predicted molar refractivity (Wildman–Crippen MR) is 60.1 cm³/mol. The molecule has 0 spiro atoms. The predicted octanol–water partition coefficient (Wildman–Crippen LogP) is 2.78. The fourth-order valence-corrected chi connectivity index (χ4v) is 1.21. The van der Waals surface area contributed by atoms with Crippen molar-refractivity contribution in [2.45, 2.75) is 33.7 Å². The summed E-state index contributed by atoms with van der Waals surface area (Å²) in [7, 11) is 0. The molecule has 0 saturated heterocycles. The Morgan fingerprint density at radius 2 is 2.14 bits per heavy atom. The summed E-state index contributed by atoms with van der Waals surface area (Å²) in [5.41, 5.74) is 1.58. The van der Waals surface area contributed by atoms with E-state index in [1.54, 1.807) is 6.20 Å². The Hall–Kier alpha value is -0.890. The minimum absolute atomic E-state index is 0.330. The molecule has 1 rings (SSSR count). The van der Waals surface area contributed by atoms with E-state index in [2.05, 4.69) is 44.1 Å². The summed E-state index contributed by atoms with van der Waals surface area (Å²) in [6.45, 7) is 9.88. The number of nitrogens with one attached hydrogen (secondary N) is 1. The Morgan fingerprint density at radius 1 is 1.43 bits per heavy atom. The second-order valence-electron chi connectivity index (χ2n) is 4.95. The zero-order valence-electron chi connectivity index (χ0n) is 9.54. The number of aromatic nitrogens is 1. The molecule has 0 saturated carbocycles. The number of nitrogens with zero attached hydrogens (tertiary/aromatic N) is 1. The van der Waals surface area contributed by atoms with Gasteiger partial charge in [-0.3, -0.25) is 4.98 Å². The first-order chi connectivity index (χ1) is 6.49. The topological polar surface area (TPSA) is 24.9 Å². The molecule has 0 aliphatic rings. The van der Waals surface area contributed by atoms with Crippen LogP contribution in [0.25, 0.3) is 0 Å². The summed E-state index contributed by atoms with van der Waals surface area (Å²) in [5.74, 6) is 0. The number of rotatable bonds is 3. The van der Waals surface area contributed by atoms with Crippen molar-refractivity contribution in [3.8, 4) is 0 Å². The van der Waals surface area contributed by atoms with Crippen molar-refractivity contribution >= 4 is 0 Å². The fourth-order valence-electron chi connectivity index (χ4n) is 1.21. The maximum atomic E-state index is 4.11. The average Bonchev–Trinajstić information content (AvgIpc) is 2.14. The largest absolute Gasteiger partial charge is 0.310 e. The molecular weight excluding hydrogens is 172 g/mol. The first-order valence-corrected chi connectivity index (χ1v) is 5.12. The van der Waals surface area contributed by atoms with Gasteiger partial charge in [-0.15, -0.1) is 0 Å². The van der Waals surface area contributed by atoms with Crippen LogP contribution < -0.4 is 5.32 Å². The standard InChI is InChI=1S/C12H20N2/c1-10(14-9-12(2,3)4)11-6-5-7-13-8-11/h5-8,10,14H,9H2,1-4H3. The molecule has 14 heavy (non-hydrogen) atoms. The molecule has 0 fully saturated rings. The Morgan fingerprint density at radius 3 is 2.64 bits per heavy atom. The van der Waals surface area contributed by atoms with Crippen LogP contribution in [-0.4, -0.2) is 11.5 Å². The minimum Gasteiger partial charge on any atom is -0.310 e. The van der Waals surface area contributed by atoms with E-state index in [-0.39, 0.29) is 0 Å². The van der Waals surface area contributed by atoms with Crippen molar-refractivity contribution in [1.82, 2.24) is 10.3 Å². The fraction of sp³-hybridized carbons (Fsp3) is 0.583. The van der Waals surface area contributed by atoms with E-state index < -0.39 is 0 Å². The molecule has 1 aromatic rings. The Balaban J connectivity index is 2.48. The SMILES string of the molecule is CC(NCC(C)(C)C)c1cccnc1. The van der Waals surface area contributed by atoms with E-state index in [1.807, 2.05) is 12.3 Å². The van der Waals surface area contributed by atoms with Crippen LogP contribution in [0.3, 0.4) is 0 Å². The summed E-state index contributed by atoms with van der Waals surface area (Å²) in [4.78, 5) is 4.11. The quantitative estimate of drug-likeness (QED) is 0.796. The summed E-state index contributed by atoms with van der Waals surface area (Å²) < 4.78 is 0. The molecule has 0 bridgehead atoms. The van der Waals surface area contributed by atoms with Crippen LogP contribution in [0.2, 0.25) is 0 Å². The molecule has 1 atom stereocenters. The summed E-state index contributed by atoms with van der Waals surface area (Å²) >= 11 is 0. The lowest BCUT2D eigenvalue weighted by Crippen LogP contribution is -2.29. The first kappa shape index (κ1) is 11.2. The lowest BCUT2D eigenvalue weighted by molar-refractivity contribution is 0.359. The van der Waals surface area contributed by atoms with Crippen LogP contribution in [0.15, 0.2) is 24.5 Å². The highest BCUT2D eigenvalue weighted by Gasteiger charge is 2.12. The van der Waals surface area contributed by atoms with Gasteiger partial charge in [0.15, 0.2) is 0 Å². The average molecular weight is 192 g/mol. The molecule has 0 radical (unpaired) electrons. The van der Waals surface area contributed by atoms with Gasteiger partial charge in [-0.2, -0.15) is 0 Å². The van der Waals surface area contributed by atoms with Crippen LogP contribution in [0.1, 0.15) is 39.3 Å². The Kier molecular flexibility index (Phi) is 3.64. The van der Waals surface area contributed by atoms with Gasteiger partial charge in [0.1, 0.15) is 0 Å². The van der Waals surface area contributed by atoms with Gasteiger partial charge in [0.2, 0.25) is 0 Å². The summed E-state index contributed by atoms with van der Waals surface area (Å²) in [6, 6.07) is 4.46. The van der Waals surface area contributed by atoms with Gasteiger partial charge in [-0.1, -0.05) is 26.8 Å². The van der Waals surface area contributed by atoms with Gasteiger partial charge in [-0.05, 0) is 24.0 Å². The Bertz CT molecular complexity index is 261. The third-order valence-electron chi connectivity index (χ3n) is 2.12. The van der Waals surface area contributed by atoms with Crippen molar-refractivity contribution in [3.63, 3.8) is 0 Å². The normalized spacial score (nSPS) is 14.0. The van der Waals surface area contributed by atoms with Crippen LogP contribution in [-0.2, 0) is 0 Å². The van der Waals surface area contributed by atoms with Gasteiger partial charge >= 0.3 is 0 Å². The second kappa shape index (κ2) is 4.56. The molecule has 2 nitrogen and oxygen atoms in total. The zero-order valence-corrected chi connectivity index (χ0v) is 9.54. The number of hydrogen-bond acceptors (Lipinski definition) is 2. The maximum absolute atomic E-state index is 4.11. The van der Waals surface area contributed by atoms with Crippen LogP contribution in [0, 0.1) is 5.41 Å². The van der Waals surface area contributed by atoms with E-state index >= 15 is 0 Å². The van der Waals surface area contributed by atoms with Crippen molar-refractivity contribution in [2.24, 2.45) is 5.41 Å². The van der Waals surface area contributed by atoms with Crippen molar-refractivity contribution < 1.29 is 0 Å². The third-order valence-corrected chi connectivity index (χ3v) is 2.12. The molecule has 1 aromatic heterocycles. The van der Waals surface area contributed by atoms with Crippen molar-refractivity contribution in [3.05, 3.63) is 30.1 Å². The van der Waals surface area contributed by atoms with E-state index in [1.165, 1.54) is 5.56 Å². The lowest BCUT2D eigenvalue weighted by Gasteiger charge is -2.22. The van der Waals surface area contributed by atoms with Crippen LogP contribution in [0.4, 0.5) is 0 Å². The van der Waals surface area contributed by atoms with Crippen molar-refractivity contribution in [2.75, 3.05) is 6.54 Å². The van der Waals surface area contributed by atoms with Gasteiger partial charge in [-0.25, -0.2) is 0 Å². The molecule has 1 heterocycles. The molecule has 1 unspecified atom stereocenters. The van der Waals surface area contributed by atoms with Crippen molar-refractivity contribution in [1.29, 1.82) is 0 Å². The minimum atomic E-state index is 0.330. The van der Waals surface area contributed by atoms with E-state index in [4.69, 9.17) is 0 Å². The molecule has 0 amide bonds. The van der Waals surface area contributed by atoms with Gasteiger partial charge < -0.3 is 5.32 Å². The monoisotopic (exact) mass is 192 g/mol. The highest BCUT2D eigenvalue weighted by atomic mass is 14.9. The van der Waals surface area contributed by atoms with E-state index in [0.717, 1.165) is 6.54 Å². The van der Waals surface area contributed by atoms with Gasteiger partial charge in [0.25, 0.3) is 0 Å². The smallest absolute Gasteiger partial charge is 0.0315 e.